The zero-order valence-corrected chi connectivity index (χ0v) is 26.4. The van der Waals surface area contributed by atoms with E-state index in [1.165, 1.54) is 0 Å². The number of benzene rings is 4. The standard InChI is InChI=1S/C33H30N4O2.C4H11N/c1-4-9-30-35-31-21(2)18-24(32-34-27-12-7-8-13-28(27)36(32)3)19-29(31)37(30)20-22-14-16-23(17-15-22)25-10-5-6-11-26(25)33(38)39;1-4(2,3)5/h5-8,10-19H,4,9,20H2,1-3H3,(H,38,39);5H2,1-3H3. The number of aromatic carboxylic acids is 1. The maximum absolute atomic E-state index is 11.7. The Bertz CT molecular complexity index is 1940. The van der Waals surface area contributed by atoms with E-state index < -0.39 is 5.97 Å². The first-order valence-corrected chi connectivity index (χ1v) is 15.1. The molecular formula is C37H41N5O2. The van der Waals surface area contributed by atoms with Crippen molar-refractivity contribution in [2.45, 2.75) is 59.5 Å². The summed E-state index contributed by atoms with van der Waals surface area (Å²) in [5, 5.41) is 9.60. The van der Waals surface area contributed by atoms with Crippen LogP contribution in [0.2, 0.25) is 0 Å². The quantitative estimate of drug-likeness (QED) is 0.197. The second-order valence-electron chi connectivity index (χ2n) is 12.4. The van der Waals surface area contributed by atoms with E-state index in [1.807, 2.05) is 63.2 Å². The monoisotopic (exact) mass is 587 g/mol. The molecule has 6 rings (SSSR count). The number of aryl methyl sites for hydroxylation is 3. The Kier molecular flexibility index (Phi) is 8.70. The van der Waals surface area contributed by atoms with Crippen molar-refractivity contribution >= 4 is 28.0 Å². The van der Waals surface area contributed by atoms with Crippen molar-refractivity contribution in [3.05, 3.63) is 107 Å². The number of fused-ring (bicyclic) bond motifs is 2. The molecule has 6 aromatic rings. The van der Waals surface area contributed by atoms with E-state index in [4.69, 9.17) is 15.7 Å². The van der Waals surface area contributed by atoms with Gasteiger partial charge in [0.05, 0.1) is 27.6 Å². The zero-order chi connectivity index (χ0) is 31.6. The molecule has 226 valence electrons. The van der Waals surface area contributed by atoms with Gasteiger partial charge in [0.2, 0.25) is 0 Å². The Morgan fingerprint density at radius 1 is 0.886 bits per heavy atom. The van der Waals surface area contributed by atoms with Crippen LogP contribution in [0.3, 0.4) is 0 Å². The first-order valence-electron chi connectivity index (χ1n) is 15.1. The Morgan fingerprint density at radius 3 is 2.20 bits per heavy atom. The van der Waals surface area contributed by atoms with Gasteiger partial charge in [-0.05, 0) is 86.7 Å². The van der Waals surface area contributed by atoms with Crippen LogP contribution in [0.4, 0.5) is 0 Å². The minimum Gasteiger partial charge on any atom is -0.478 e. The third kappa shape index (κ3) is 6.58. The number of aromatic nitrogens is 4. The minimum absolute atomic E-state index is 0. The van der Waals surface area contributed by atoms with Crippen LogP contribution in [0, 0.1) is 6.92 Å². The Labute approximate surface area is 259 Å². The number of para-hydroxylation sites is 2. The summed E-state index contributed by atoms with van der Waals surface area (Å²) in [6.07, 6.45) is 1.89. The fourth-order valence-electron chi connectivity index (χ4n) is 5.46. The van der Waals surface area contributed by atoms with Gasteiger partial charge in [0, 0.05) is 31.1 Å². The number of carboxylic acids is 1. The predicted molar refractivity (Wildman–Crippen MR) is 180 cm³/mol. The van der Waals surface area contributed by atoms with Crippen molar-refractivity contribution in [3.63, 3.8) is 0 Å². The van der Waals surface area contributed by atoms with Gasteiger partial charge < -0.3 is 20.0 Å². The second kappa shape index (κ2) is 12.5. The lowest BCUT2D eigenvalue weighted by atomic mass is 9.98. The number of nitrogens with two attached hydrogens (primary N) is 1. The average Bonchev–Trinajstić information content (AvgIpc) is 3.50. The maximum Gasteiger partial charge on any atom is 0.336 e. The molecule has 0 radical (unpaired) electrons. The molecule has 0 aliphatic heterocycles. The van der Waals surface area contributed by atoms with E-state index in [0.29, 0.717) is 12.1 Å². The molecule has 7 nitrogen and oxygen atoms in total. The molecule has 0 saturated carbocycles. The van der Waals surface area contributed by atoms with E-state index in [-0.39, 0.29) is 5.54 Å². The molecule has 4 aromatic carbocycles. The number of carbonyl (C=O) groups is 1. The van der Waals surface area contributed by atoms with Crippen LogP contribution in [0.5, 0.6) is 0 Å². The number of imidazole rings is 2. The van der Waals surface area contributed by atoms with Gasteiger partial charge >= 0.3 is 5.97 Å². The van der Waals surface area contributed by atoms with Crippen LogP contribution >= 0.6 is 0 Å². The Hall–Kier alpha value is -4.75. The van der Waals surface area contributed by atoms with E-state index >= 15 is 0 Å². The average molecular weight is 588 g/mol. The van der Waals surface area contributed by atoms with E-state index in [0.717, 1.165) is 74.4 Å². The van der Waals surface area contributed by atoms with E-state index in [9.17, 15) is 9.90 Å². The van der Waals surface area contributed by atoms with Gasteiger partial charge in [0.25, 0.3) is 0 Å². The molecule has 0 spiro atoms. The smallest absolute Gasteiger partial charge is 0.336 e. The first-order chi connectivity index (χ1) is 20.9. The van der Waals surface area contributed by atoms with Gasteiger partial charge in [-0.3, -0.25) is 0 Å². The number of rotatable bonds is 7. The summed E-state index contributed by atoms with van der Waals surface area (Å²) in [6, 6.07) is 27.9. The lowest BCUT2D eigenvalue weighted by Gasteiger charge is -2.12. The van der Waals surface area contributed by atoms with Crippen molar-refractivity contribution in [2.24, 2.45) is 12.8 Å². The van der Waals surface area contributed by atoms with Crippen molar-refractivity contribution in [3.8, 4) is 22.5 Å². The van der Waals surface area contributed by atoms with Crippen molar-refractivity contribution in [2.75, 3.05) is 0 Å². The van der Waals surface area contributed by atoms with Crippen LogP contribution in [-0.4, -0.2) is 35.7 Å². The van der Waals surface area contributed by atoms with Gasteiger partial charge in [0.15, 0.2) is 0 Å². The third-order valence-corrected chi connectivity index (χ3v) is 7.41. The second-order valence-corrected chi connectivity index (χ2v) is 12.4. The summed E-state index contributed by atoms with van der Waals surface area (Å²) in [5.74, 6) is 1.08. The van der Waals surface area contributed by atoms with Crippen molar-refractivity contribution < 1.29 is 9.90 Å². The summed E-state index contributed by atoms with van der Waals surface area (Å²) in [6.45, 7) is 10.9. The van der Waals surface area contributed by atoms with Crippen LogP contribution in [0.25, 0.3) is 44.6 Å². The number of nitrogens with zero attached hydrogens (tertiary/aromatic N) is 4. The van der Waals surface area contributed by atoms with E-state index in [1.54, 1.807) is 12.1 Å². The Balaban J connectivity index is 0.000000712. The molecule has 0 atom stereocenters. The zero-order valence-electron chi connectivity index (χ0n) is 26.4. The normalized spacial score (nSPS) is 11.5. The topological polar surface area (TPSA) is 99.0 Å². The van der Waals surface area contributed by atoms with Crippen LogP contribution in [0.15, 0.2) is 84.9 Å². The number of hydrogen-bond acceptors (Lipinski definition) is 4. The van der Waals surface area contributed by atoms with Crippen LogP contribution in [-0.2, 0) is 20.0 Å². The van der Waals surface area contributed by atoms with Gasteiger partial charge in [-0.1, -0.05) is 61.5 Å². The highest BCUT2D eigenvalue weighted by atomic mass is 16.4. The minimum atomic E-state index is -0.921. The maximum atomic E-state index is 11.7. The van der Waals surface area contributed by atoms with Crippen LogP contribution in [0.1, 0.15) is 61.4 Å². The molecule has 0 fully saturated rings. The fraction of sp³-hybridized carbons (Fsp3) is 0.270. The molecule has 0 saturated heterocycles. The van der Waals surface area contributed by atoms with Gasteiger partial charge in [-0.2, -0.15) is 0 Å². The molecule has 2 heterocycles. The number of carboxylic acid groups (broad SMARTS) is 1. The van der Waals surface area contributed by atoms with Gasteiger partial charge in [-0.15, -0.1) is 0 Å². The van der Waals surface area contributed by atoms with Gasteiger partial charge in [0.1, 0.15) is 11.6 Å². The molecule has 0 aliphatic rings. The molecular weight excluding hydrogens is 546 g/mol. The highest BCUT2D eigenvalue weighted by molar-refractivity contribution is 5.96. The number of hydrogen-bond donors (Lipinski definition) is 2. The summed E-state index contributed by atoms with van der Waals surface area (Å²) >= 11 is 0. The predicted octanol–water partition coefficient (Wildman–Crippen LogP) is 8.01. The summed E-state index contributed by atoms with van der Waals surface area (Å²) in [5.41, 5.74) is 14.8. The van der Waals surface area contributed by atoms with E-state index in [2.05, 4.69) is 60.4 Å². The summed E-state index contributed by atoms with van der Waals surface area (Å²) in [7, 11) is 2.06. The van der Waals surface area contributed by atoms with Crippen LogP contribution < -0.4 is 5.73 Å². The lowest BCUT2D eigenvalue weighted by molar-refractivity contribution is 0.0697. The van der Waals surface area contributed by atoms with Gasteiger partial charge in [-0.25, -0.2) is 14.8 Å². The molecule has 0 bridgehead atoms. The molecule has 3 N–H and O–H groups in total. The molecule has 2 aromatic heterocycles. The largest absolute Gasteiger partial charge is 0.478 e. The first kappa shape index (κ1) is 30.7. The molecule has 0 aliphatic carbocycles. The SMILES string of the molecule is CC(C)(C)N.CCCc1nc2c(C)cc(-c3nc4ccccc4n3C)cc2n1Cc1ccc(-c2ccccc2C(=O)O)cc1. The Morgan fingerprint density at radius 2 is 1.55 bits per heavy atom. The molecule has 0 amide bonds. The van der Waals surface area contributed by atoms with Crippen molar-refractivity contribution in [1.82, 2.24) is 19.1 Å². The fourth-order valence-corrected chi connectivity index (χ4v) is 5.46. The molecule has 7 heteroatoms. The third-order valence-electron chi connectivity index (χ3n) is 7.41. The highest BCUT2D eigenvalue weighted by Gasteiger charge is 2.17. The summed E-state index contributed by atoms with van der Waals surface area (Å²) < 4.78 is 4.47. The summed E-state index contributed by atoms with van der Waals surface area (Å²) in [4.78, 5) is 21.7. The highest BCUT2D eigenvalue weighted by Crippen LogP contribution is 2.31. The molecule has 0 unspecified atom stereocenters. The lowest BCUT2D eigenvalue weighted by Crippen LogP contribution is -2.26. The molecule has 44 heavy (non-hydrogen) atoms. The van der Waals surface area contributed by atoms with Crippen molar-refractivity contribution in [1.29, 1.82) is 0 Å².